The SMILES string of the molecule is CC(C)(C)OC(=O)C(N)Cc1ccnnc1. The van der Waals surface area contributed by atoms with Crippen LogP contribution in [0.2, 0.25) is 0 Å². The van der Waals surface area contributed by atoms with Gasteiger partial charge in [0.2, 0.25) is 0 Å². The number of rotatable bonds is 3. The molecule has 0 saturated heterocycles. The van der Waals surface area contributed by atoms with E-state index in [4.69, 9.17) is 10.5 Å². The highest BCUT2D eigenvalue weighted by atomic mass is 16.6. The Hall–Kier alpha value is -1.49. The van der Waals surface area contributed by atoms with Crippen molar-refractivity contribution in [2.45, 2.75) is 38.8 Å². The normalized spacial score (nSPS) is 13.2. The van der Waals surface area contributed by atoms with Gasteiger partial charge in [-0.05, 0) is 38.8 Å². The summed E-state index contributed by atoms with van der Waals surface area (Å²) in [7, 11) is 0. The molecular weight excluding hydrogens is 206 g/mol. The summed E-state index contributed by atoms with van der Waals surface area (Å²) in [6.45, 7) is 5.43. The van der Waals surface area contributed by atoms with E-state index in [1.165, 1.54) is 0 Å². The van der Waals surface area contributed by atoms with Crippen molar-refractivity contribution in [3.63, 3.8) is 0 Å². The van der Waals surface area contributed by atoms with Gasteiger partial charge in [-0.25, -0.2) is 0 Å². The lowest BCUT2D eigenvalue weighted by molar-refractivity contribution is -0.156. The Labute approximate surface area is 95.0 Å². The number of aromatic nitrogens is 2. The number of ether oxygens (including phenoxy) is 1. The molecule has 1 heterocycles. The minimum atomic E-state index is -0.663. The van der Waals surface area contributed by atoms with Crippen LogP contribution in [0.25, 0.3) is 0 Å². The molecular formula is C11H17N3O2. The Bertz CT molecular complexity index is 346. The van der Waals surface area contributed by atoms with Gasteiger partial charge in [0.25, 0.3) is 0 Å². The average Bonchev–Trinajstić information content (AvgIpc) is 2.16. The second-order valence-electron chi connectivity index (χ2n) is 4.59. The van der Waals surface area contributed by atoms with Gasteiger partial charge in [-0.15, -0.1) is 0 Å². The lowest BCUT2D eigenvalue weighted by Gasteiger charge is -2.22. The van der Waals surface area contributed by atoms with Crippen molar-refractivity contribution in [3.05, 3.63) is 24.0 Å². The second-order valence-corrected chi connectivity index (χ2v) is 4.59. The zero-order chi connectivity index (χ0) is 12.2. The molecule has 1 atom stereocenters. The summed E-state index contributed by atoms with van der Waals surface area (Å²) in [5, 5.41) is 7.36. The Morgan fingerprint density at radius 3 is 2.69 bits per heavy atom. The summed E-state index contributed by atoms with van der Waals surface area (Å²) in [5.74, 6) is -0.399. The Kier molecular flexibility index (Phi) is 3.95. The highest BCUT2D eigenvalue weighted by Gasteiger charge is 2.22. The van der Waals surface area contributed by atoms with Crippen LogP contribution in [0.1, 0.15) is 26.3 Å². The van der Waals surface area contributed by atoms with Crippen LogP contribution >= 0.6 is 0 Å². The van der Waals surface area contributed by atoms with Gasteiger partial charge in [0.1, 0.15) is 11.6 Å². The van der Waals surface area contributed by atoms with Crippen LogP contribution in [-0.4, -0.2) is 27.8 Å². The Morgan fingerprint density at radius 2 is 2.19 bits per heavy atom. The highest BCUT2D eigenvalue weighted by molar-refractivity contribution is 5.76. The molecule has 5 heteroatoms. The second kappa shape index (κ2) is 5.03. The minimum absolute atomic E-state index is 0.399. The van der Waals surface area contributed by atoms with Crippen LogP contribution in [0.3, 0.4) is 0 Å². The Morgan fingerprint density at radius 1 is 1.50 bits per heavy atom. The topological polar surface area (TPSA) is 78.1 Å². The van der Waals surface area contributed by atoms with Crippen molar-refractivity contribution < 1.29 is 9.53 Å². The van der Waals surface area contributed by atoms with Crippen molar-refractivity contribution in [1.29, 1.82) is 0 Å². The predicted octanol–water partition coefficient (Wildman–Crippen LogP) is 0.688. The standard InChI is InChI=1S/C11H17N3O2/c1-11(2,3)16-10(15)9(12)6-8-4-5-13-14-7-8/h4-5,7,9H,6,12H2,1-3H3. The molecule has 0 aliphatic rings. The maximum absolute atomic E-state index is 11.6. The lowest BCUT2D eigenvalue weighted by atomic mass is 10.1. The van der Waals surface area contributed by atoms with E-state index in [0.29, 0.717) is 6.42 Å². The molecule has 0 saturated carbocycles. The first kappa shape index (κ1) is 12.6. The van der Waals surface area contributed by atoms with E-state index >= 15 is 0 Å². The summed E-state index contributed by atoms with van der Waals surface area (Å²) in [6.07, 6.45) is 3.56. The van der Waals surface area contributed by atoms with Crippen LogP contribution < -0.4 is 5.73 Å². The fourth-order valence-electron chi connectivity index (χ4n) is 1.15. The molecule has 0 fully saturated rings. The van der Waals surface area contributed by atoms with Gasteiger partial charge in [0, 0.05) is 6.20 Å². The first-order chi connectivity index (χ1) is 7.38. The molecule has 5 nitrogen and oxygen atoms in total. The Balaban J connectivity index is 2.53. The quantitative estimate of drug-likeness (QED) is 0.763. The first-order valence-corrected chi connectivity index (χ1v) is 5.12. The summed E-state index contributed by atoms with van der Waals surface area (Å²) >= 11 is 0. The van der Waals surface area contributed by atoms with E-state index in [-0.39, 0.29) is 0 Å². The third-order valence-corrected chi connectivity index (χ3v) is 1.81. The molecule has 0 radical (unpaired) electrons. The van der Waals surface area contributed by atoms with E-state index < -0.39 is 17.6 Å². The van der Waals surface area contributed by atoms with Gasteiger partial charge >= 0.3 is 5.97 Å². The maximum Gasteiger partial charge on any atom is 0.323 e. The molecule has 0 spiro atoms. The molecule has 0 aromatic carbocycles. The van der Waals surface area contributed by atoms with Crippen LogP contribution in [0.4, 0.5) is 0 Å². The number of nitrogens with two attached hydrogens (primary N) is 1. The van der Waals surface area contributed by atoms with Gasteiger partial charge in [0.15, 0.2) is 0 Å². The van der Waals surface area contributed by atoms with Crippen molar-refractivity contribution in [2.75, 3.05) is 0 Å². The summed E-state index contributed by atoms with van der Waals surface area (Å²) in [4.78, 5) is 11.6. The summed E-state index contributed by atoms with van der Waals surface area (Å²) in [6, 6.07) is 1.11. The van der Waals surface area contributed by atoms with E-state index in [2.05, 4.69) is 10.2 Å². The zero-order valence-electron chi connectivity index (χ0n) is 9.80. The van der Waals surface area contributed by atoms with Crippen molar-refractivity contribution in [1.82, 2.24) is 10.2 Å². The van der Waals surface area contributed by atoms with Gasteiger partial charge in [-0.3, -0.25) is 4.79 Å². The molecule has 2 N–H and O–H groups in total. The molecule has 0 bridgehead atoms. The molecule has 1 aromatic heterocycles. The molecule has 0 aliphatic heterocycles. The number of hydrogen-bond acceptors (Lipinski definition) is 5. The number of nitrogens with zero attached hydrogens (tertiary/aromatic N) is 2. The third kappa shape index (κ3) is 4.35. The van der Waals surface area contributed by atoms with Crippen molar-refractivity contribution in [3.8, 4) is 0 Å². The molecule has 1 unspecified atom stereocenters. The number of esters is 1. The number of carbonyl (C=O) groups is 1. The third-order valence-electron chi connectivity index (χ3n) is 1.81. The fourth-order valence-corrected chi connectivity index (χ4v) is 1.15. The molecule has 16 heavy (non-hydrogen) atoms. The van der Waals surface area contributed by atoms with Crippen LogP contribution in [0.5, 0.6) is 0 Å². The first-order valence-electron chi connectivity index (χ1n) is 5.12. The fraction of sp³-hybridized carbons (Fsp3) is 0.545. The molecule has 1 aromatic rings. The van der Waals surface area contributed by atoms with E-state index in [0.717, 1.165) is 5.56 Å². The van der Waals surface area contributed by atoms with Crippen molar-refractivity contribution >= 4 is 5.97 Å². The van der Waals surface area contributed by atoms with E-state index in [1.54, 1.807) is 18.5 Å². The lowest BCUT2D eigenvalue weighted by Crippen LogP contribution is -2.38. The molecule has 0 aliphatic carbocycles. The highest BCUT2D eigenvalue weighted by Crippen LogP contribution is 2.09. The van der Waals surface area contributed by atoms with Crippen molar-refractivity contribution in [2.24, 2.45) is 5.73 Å². The average molecular weight is 223 g/mol. The number of carbonyl (C=O) groups excluding carboxylic acids is 1. The molecule has 88 valence electrons. The van der Waals surface area contributed by atoms with E-state index in [1.807, 2.05) is 20.8 Å². The maximum atomic E-state index is 11.6. The largest absolute Gasteiger partial charge is 0.459 e. The van der Waals surface area contributed by atoms with Crippen LogP contribution in [-0.2, 0) is 16.0 Å². The van der Waals surface area contributed by atoms with Gasteiger partial charge in [-0.1, -0.05) is 0 Å². The smallest absolute Gasteiger partial charge is 0.323 e. The summed E-state index contributed by atoms with van der Waals surface area (Å²) < 4.78 is 5.17. The molecule has 1 rings (SSSR count). The summed E-state index contributed by atoms with van der Waals surface area (Å²) in [5.41, 5.74) is 6.09. The minimum Gasteiger partial charge on any atom is -0.459 e. The van der Waals surface area contributed by atoms with Gasteiger partial charge in [0.05, 0.1) is 6.20 Å². The monoisotopic (exact) mass is 223 g/mol. The predicted molar refractivity (Wildman–Crippen MR) is 59.6 cm³/mol. The molecule has 0 amide bonds. The van der Waals surface area contributed by atoms with Crippen LogP contribution in [0.15, 0.2) is 18.5 Å². The van der Waals surface area contributed by atoms with Gasteiger partial charge < -0.3 is 10.5 Å². The van der Waals surface area contributed by atoms with Gasteiger partial charge in [-0.2, -0.15) is 10.2 Å². The number of hydrogen-bond donors (Lipinski definition) is 1. The van der Waals surface area contributed by atoms with E-state index in [9.17, 15) is 4.79 Å². The zero-order valence-corrected chi connectivity index (χ0v) is 9.80. The van der Waals surface area contributed by atoms with Crippen LogP contribution in [0, 0.1) is 0 Å².